The molecule has 0 atom stereocenters. The number of anilines is 1. The number of hydrogen-bond donors (Lipinski definition) is 2. The first-order chi connectivity index (χ1) is 13.0. The average Bonchev–Trinajstić information content (AvgIpc) is 2.81. The highest BCUT2D eigenvalue weighted by atomic mass is 16.4. The van der Waals surface area contributed by atoms with Gasteiger partial charge in [0.25, 0.3) is 5.56 Å². The zero-order chi connectivity index (χ0) is 19.6. The smallest absolute Gasteiger partial charge is 0.333 e. The summed E-state index contributed by atoms with van der Waals surface area (Å²) < 4.78 is 3.61. The molecule has 1 fully saturated rings. The molecule has 10 heteroatoms. The average molecular weight is 374 g/mol. The van der Waals surface area contributed by atoms with E-state index in [1.165, 1.54) is 11.6 Å². The van der Waals surface area contributed by atoms with Gasteiger partial charge in [-0.15, -0.1) is 5.92 Å². The Bertz CT molecular complexity index is 1040. The fourth-order valence-electron chi connectivity index (χ4n) is 3.23. The molecule has 0 amide bonds. The van der Waals surface area contributed by atoms with Gasteiger partial charge in [-0.1, -0.05) is 5.92 Å². The summed E-state index contributed by atoms with van der Waals surface area (Å²) in [6.07, 6.45) is 0.921. The molecule has 3 rings (SSSR count). The van der Waals surface area contributed by atoms with Gasteiger partial charge in [0.2, 0.25) is 5.95 Å². The molecule has 2 N–H and O–H groups in total. The molecule has 27 heavy (non-hydrogen) atoms. The van der Waals surface area contributed by atoms with Gasteiger partial charge in [-0.05, 0) is 19.9 Å². The van der Waals surface area contributed by atoms with Gasteiger partial charge in [0.05, 0.1) is 6.54 Å². The summed E-state index contributed by atoms with van der Waals surface area (Å²) in [4.78, 5) is 43.1. The number of carbonyl (C=O) groups is 1. The molecule has 1 aliphatic heterocycles. The topological polar surface area (TPSA) is 114 Å². The summed E-state index contributed by atoms with van der Waals surface area (Å²) in [5.41, 5.74) is -0.949. The molecule has 2 aromatic rings. The maximum Gasteiger partial charge on any atom is 0.333 e. The summed E-state index contributed by atoms with van der Waals surface area (Å²) in [5, 5.41) is 12.4. The number of rotatable bonds is 4. The van der Waals surface area contributed by atoms with Crippen LogP contribution in [0.2, 0.25) is 0 Å². The van der Waals surface area contributed by atoms with Gasteiger partial charge in [0.15, 0.2) is 11.2 Å². The van der Waals surface area contributed by atoms with Crippen molar-refractivity contribution in [3.8, 4) is 11.8 Å². The Kier molecular flexibility index (Phi) is 5.32. The second-order valence-electron chi connectivity index (χ2n) is 6.31. The number of nitrogens with zero attached hydrogens (tertiary/aromatic N) is 5. The zero-order valence-corrected chi connectivity index (χ0v) is 15.4. The second kappa shape index (κ2) is 7.67. The number of aromatic nitrogens is 4. The third kappa shape index (κ3) is 3.46. The highest BCUT2D eigenvalue weighted by Gasteiger charge is 2.24. The molecule has 0 aliphatic carbocycles. The molecule has 0 spiro atoms. The Balaban J connectivity index is 2.30. The third-order valence-corrected chi connectivity index (χ3v) is 4.54. The van der Waals surface area contributed by atoms with Crippen molar-refractivity contribution in [1.82, 2.24) is 24.0 Å². The van der Waals surface area contributed by atoms with Crippen LogP contribution < -0.4 is 21.5 Å². The molecule has 10 nitrogen and oxygen atoms in total. The Hall–Kier alpha value is -3.06. The minimum absolute atomic E-state index is 0.188. The third-order valence-electron chi connectivity index (χ3n) is 4.54. The number of imidazole rings is 1. The molecule has 3 heterocycles. The second-order valence-corrected chi connectivity index (χ2v) is 6.31. The molecular weight excluding hydrogens is 352 g/mol. The molecule has 0 saturated carbocycles. The number of aryl methyl sites for hydroxylation is 1. The van der Waals surface area contributed by atoms with E-state index < -0.39 is 23.8 Å². The van der Waals surface area contributed by atoms with Crippen molar-refractivity contribution in [1.29, 1.82) is 0 Å². The highest BCUT2D eigenvalue weighted by Crippen LogP contribution is 2.20. The molecule has 2 aromatic heterocycles. The van der Waals surface area contributed by atoms with Crippen LogP contribution in [-0.4, -0.2) is 55.9 Å². The van der Waals surface area contributed by atoms with Crippen molar-refractivity contribution in [2.45, 2.75) is 26.4 Å². The number of carboxylic acids is 1. The van der Waals surface area contributed by atoms with Crippen molar-refractivity contribution in [2.75, 3.05) is 31.1 Å². The zero-order valence-electron chi connectivity index (χ0n) is 15.4. The summed E-state index contributed by atoms with van der Waals surface area (Å²) in [5.74, 6) is 5.05. The molecule has 144 valence electrons. The van der Waals surface area contributed by atoms with Crippen LogP contribution in [0.5, 0.6) is 0 Å². The predicted molar refractivity (Wildman–Crippen MR) is 100 cm³/mol. The summed E-state index contributed by atoms with van der Waals surface area (Å²) in [6.45, 7) is 4.38. The highest BCUT2D eigenvalue weighted by molar-refractivity contribution is 5.75. The van der Waals surface area contributed by atoms with Gasteiger partial charge in [-0.3, -0.25) is 18.7 Å². The van der Waals surface area contributed by atoms with Crippen molar-refractivity contribution < 1.29 is 9.90 Å². The molecule has 0 unspecified atom stereocenters. The molecular formula is C17H22N6O4. The van der Waals surface area contributed by atoms with Crippen molar-refractivity contribution in [2.24, 2.45) is 7.05 Å². The van der Waals surface area contributed by atoms with Gasteiger partial charge in [0.1, 0.15) is 6.54 Å². The lowest BCUT2D eigenvalue weighted by atomic mass is 10.4. The summed E-state index contributed by atoms with van der Waals surface area (Å²) in [7, 11) is 1.49. The quantitative estimate of drug-likeness (QED) is 0.647. The summed E-state index contributed by atoms with van der Waals surface area (Å²) >= 11 is 0. The number of aliphatic carboxylic acids is 1. The van der Waals surface area contributed by atoms with Gasteiger partial charge in [-0.25, -0.2) is 9.36 Å². The molecule has 0 aromatic carbocycles. The van der Waals surface area contributed by atoms with E-state index in [-0.39, 0.29) is 17.7 Å². The van der Waals surface area contributed by atoms with Gasteiger partial charge in [0, 0.05) is 26.7 Å². The van der Waals surface area contributed by atoms with Crippen LogP contribution in [0.3, 0.4) is 0 Å². The number of nitrogens with one attached hydrogen (secondary N) is 1. The van der Waals surface area contributed by atoms with Crippen LogP contribution in [0, 0.1) is 11.8 Å². The molecule has 0 bridgehead atoms. The minimum Gasteiger partial charge on any atom is -0.480 e. The van der Waals surface area contributed by atoms with Crippen LogP contribution in [0.15, 0.2) is 9.59 Å². The Labute approximate surface area is 155 Å². The first-order valence-corrected chi connectivity index (χ1v) is 8.72. The van der Waals surface area contributed by atoms with Crippen molar-refractivity contribution >= 4 is 23.1 Å². The lowest BCUT2D eigenvalue weighted by Gasteiger charge is -2.21. The van der Waals surface area contributed by atoms with Crippen LogP contribution in [0.25, 0.3) is 11.2 Å². The Morgan fingerprint density at radius 2 is 2.04 bits per heavy atom. The maximum atomic E-state index is 12.9. The van der Waals surface area contributed by atoms with Gasteiger partial charge < -0.3 is 15.3 Å². The van der Waals surface area contributed by atoms with Crippen LogP contribution in [-0.2, 0) is 24.9 Å². The standard InChI is InChI=1S/C17H22N6O4/c1-3-4-9-22-13-14(19-16(22)21-8-5-6-18-7-10-21)20(2)17(27)23(15(13)26)11-12(24)25/h18H,5-11H2,1-2H3,(H,24,25). The SMILES string of the molecule is CC#CCn1c(N2CCCNCC2)nc2c1c(=O)n(CC(=O)O)c(=O)n2C. The number of fused-ring (bicyclic) bond motifs is 1. The van der Waals surface area contributed by atoms with Crippen LogP contribution in [0.4, 0.5) is 5.95 Å². The van der Waals surface area contributed by atoms with E-state index in [0.29, 0.717) is 12.5 Å². The first kappa shape index (κ1) is 18.7. The normalized spacial score (nSPS) is 14.7. The van der Waals surface area contributed by atoms with E-state index in [1.807, 2.05) is 0 Å². The van der Waals surface area contributed by atoms with Crippen LogP contribution in [0.1, 0.15) is 13.3 Å². The molecule has 0 radical (unpaired) electrons. The monoisotopic (exact) mass is 374 g/mol. The fourth-order valence-corrected chi connectivity index (χ4v) is 3.23. The lowest BCUT2D eigenvalue weighted by Crippen LogP contribution is -2.41. The maximum absolute atomic E-state index is 12.9. The molecule has 1 aliphatic rings. The Morgan fingerprint density at radius 1 is 1.26 bits per heavy atom. The van der Waals surface area contributed by atoms with Gasteiger partial charge >= 0.3 is 11.7 Å². The predicted octanol–water partition coefficient (Wildman–Crippen LogP) is -1.20. The van der Waals surface area contributed by atoms with Gasteiger partial charge in [-0.2, -0.15) is 4.98 Å². The van der Waals surface area contributed by atoms with E-state index in [1.54, 1.807) is 11.5 Å². The van der Waals surface area contributed by atoms with E-state index >= 15 is 0 Å². The van der Waals surface area contributed by atoms with E-state index in [4.69, 9.17) is 5.11 Å². The van der Waals surface area contributed by atoms with E-state index in [2.05, 4.69) is 27.0 Å². The van der Waals surface area contributed by atoms with Crippen LogP contribution >= 0.6 is 0 Å². The Morgan fingerprint density at radius 3 is 2.74 bits per heavy atom. The van der Waals surface area contributed by atoms with E-state index in [9.17, 15) is 14.4 Å². The number of carboxylic acid groups (broad SMARTS) is 1. The first-order valence-electron chi connectivity index (χ1n) is 8.72. The fraction of sp³-hybridized carbons (Fsp3) is 0.529. The van der Waals surface area contributed by atoms with E-state index in [0.717, 1.165) is 30.6 Å². The number of hydrogen-bond acceptors (Lipinski definition) is 6. The minimum atomic E-state index is -1.26. The van der Waals surface area contributed by atoms with Crippen molar-refractivity contribution in [3.63, 3.8) is 0 Å². The summed E-state index contributed by atoms with van der Waals surface area (Å²) in [6, 6.07) is 0. The van der Waals surface area contributed by atoms with Crippen molar-refractivity contribution in [3.05, 3.63) is 20.8 Å². The largest absolute Gasteiger partial charge is 0.480 e. The molecule has 1 saturated heterocycles. The lowest BCUT2D eigenvalue weighted by molar-refractivity contribution is -0.137.